The molecule has 1 aliphatic heterocycles. The molecule has 2 aromatic carbocycles. The summed E-state index contributed by atoms with van der Waals surface area (Å²) in [5.74, 6) is -3.25. The summed E-state index contributed by atoms with van der Waals surface area (Å²) in [6, 6.07) is 9.38. The zero-order valence-corrected chi connectivity index (χ0v) is 15.9. The molecule has 6 nitrogen and oxygen atoms in total. The van der Waals surface area contributed by atoms with Crippen molar-refractivity contribution in [2.45, 2.75) is 32.2 Å². The molecule has 0 saturated carbocycles. The molecular weight excluding hydrogens is 380 g/mol. The van der Waals surface area contributed by atoms with Crippen molar-refractivity contribution in [1.82, 2.24) is 4.90 Å². The molecule has 2 N–H and O–H groups in total. The van der Waals surface area contributed by atoms with Crippen molar-refractivity contribution >= 4 is 29.1 Å². The highest BCUT2D eigenvalue weighted by atomic mass is 19.1. The molecule has 0 bridgehead atoms. The fourth-order valence-corrected chi connectivity index (χ4v) is 3.34. The predicted molar refractivity (Wildman–Crippen MR) is 104 cm³/mol. The number of piperidine rings is 1. The molecule has 1 fully saturated rings. The Hall–Kier alpha value is -3.29. The third kappa shape index (κ3) is 4.77. The third-order valence-corrected chi connectivity index (χ3v) is 4.66. The van der Waals surface area contributed by atoms with E-state index in [1.165, 1.54) is 11.8 Å². The van der Waals surface area contributed by atoms with Gasteiger partial charge in [0.05, 0.1) is 11.4 Å². The van der Waals surface area contributed by atoms with Crippen molar-refractivity contribution in [3.8, 4) is 0 Å². The van der Waals surface area contributed by atoms with Crippen LogP contribution in [0.3, 0.4) is 0 Å². The molecule has 1 saturated heterocycles. The lowest BCUT2D eigenvalue weighted by atomic mass is 10.0. The number of rotatable bonds is 5. The minimum absolute atomic E-state index is 0.154. The van der Waals surface area contributed by atoms with Crippen molar-refractivity contribution < 1.29 is 23.2 Å². The van der Waals surface area contributed by atoms with Gasteiger partial charge in [-0.05, 0) is 24.5 Å². The number of halogens is 2. The van der Waals surface area contributed by atoms with Crippen LogP contribution in [-0.4, -0.2) is 29.2 Å². The van der Waals surface area contributed by atoms with E-state index in [2.05, 4.69) is 10.6 Å². The molecule has 1 heterocycles. The van der Waals surface area contributed by atoms with Gasteiger partial charge in [-0.1, -0.05) is 30.3 Å². The summed E-state index contributed by atoms with van der Waals surface area (Å²) in [5, 5.41) is 4.69. The molecule has 29 heavy (non-hydrogen) atoms. The van der Waals surface area contributed by atoms with Crippen molar-refractivity contribution in [2.75, 3.05) is 17.2 Å². The number of benzene rings is 2. The van der Waals surface area contributed by atoms with Crippen LogP contribution in [0.5, 0.6) is 0 Å². The highest BCUT2D eigenvalue weighted by Gasteiger charge is 2.33. The van der Waals surface area contributed by atoms with E-state index in [0.29, 0.717) is 24.6 Å². The van der Waals surface area contributed by atoms with Crippen LogP contribution in [0.15, 0.2) is 42.5 Å². The maximum absolute atomic E-state index is 14.3. The van der Waals surface area contributed by atoms with Crippen LogP contribution in [0.25, 0.3) is 0 Å². The molecule has 0 radical (unpaired) electrons. The number of nitrogens with one attached hydrogen (secondary N) is 2. The lowest BCUT2D eigenvalue weighted by Gasteiger charge is -2.34. The van der Waals surface area contributed by atoms with E-state index >= 15 is 0 Å². The van der Waals surface area contributed by atoms with Crippen LogP contribution in [0.1, 0.15) is 37.8 Å². The van der Waals surface area contributed by atoms with Crippen LogP contribution in [0, 0.1) is 11.6 Å². The number of amides is 3. The molecule has 0 aliphatic carbocycles. The summed E-state index contributed by atoms with van der Waals surface area (Å²) < 4.78 is 28.1. The number of hydrogen-bond acceptors (Lipinski definition) is 3. The predicted octanol–water partition coefficient (Wildman–Crippen LogP) is 3.62. The summed E-state index contributed by atoms with van der Waals surface area (Å²) in [7, 11) is 0. The quantitative estimate of drug-likeness (QED) is 0.803. The topological polar surface area (TPSA) is 78.5 Å². The van der Waals surface area contributed by atoms with E-state index in [-0.39, 0.29) is 17.3 Å². The van der Waals surface area contributed by atoms with Gasteiger partial charge >= 0.3 is 0 Å². The third-order valence-electron chi connectivity index (χ3n) is 4.66. The largest absolute Gasteiger partial charge is 0.327 e. The molecule has 1 aliphatic rings. The molecule has 152 valence electrons. The second-order valence-corrected chi connectivity index (χ2v) is 6.84. The second-order valence-electron chi connectivity index (χ2n) is 6.84. The summed E-state index contributed by atoms with van der Waals surface area (Å²) in [6.07, 6.45) is 1.86. The first kappa shape index (κ1) is 20.4. The highest BCUT2D eigenvalue weighted by molar-refractivity contribution is 5.99. The molecule has 8 heteroatoms. The van der Waals surface area contributed by atoms with Gasteiger partial charge in [0.25, 0.3) is 5.91 Å². The number of carbonyl (C=O) groups is 3. The number of anilines is 2. The minimum Gasteiger partial charge on any atom is -0.327 e. The Balaban J connectivity index is 1.93. The Morgan fingerprint density at radius 1 is 1.00 bits per heavy atom. The van der Waals surface area contributed by atoms with E-state index in [0.717, 1.165) is 18.9 Å². The average molecular weight is 401 g/mol. The van der Waals surface area contributed by atoms with Crippen molar-refractivity contribution in [1.29, 1.82) is 0 Å². The average Bonchev–Trinajstić information content (AvgIpc) is 2.68. The van der Waals surface area contributed by atoms with Gasteiger partial charge in [0.2, 0.25) is 11.8 Å². The zero-order chi connectivity index (χ0) is 21.0. The van der Waals surface area contributed by atoms with Gasteiger partial charge in [-0.15, -0.1) is 0 Å². The van der Waals surface area contributed by atoms with E-state index in [4.69, 9.17) is 0 Å². The summed E-state index contributed by atoms with van der Waals surface area (Å²) in [5.41, 5.74) is 0.0508. The van der Waals surface area contributed by atoms with Crippen molar-refractivity contribution in [2.24, 2.45) is 0 Å². The SMILES string of the molecule is CC(=O)Nc1cc(NC(=O)C(c2ccccc2)N2CCCCC2=O)c(F)cc1F. The molecule has 0 spiro atoms. The lowest BCUT2D eigenvalue weighted by molar-refractivity contribution is -0.141. The van der Waals surface area contributed by atoms with Gasteiger partial charge in [0, 0.05) is 26.0 Å². The van der Waals surface area contributed by atoms with E-state index < -0.39 is 29.5 Å². The van der Waals surface area contributed by atoms with Crippen molar-refractivity contribution in [3.05, 3.63) is 59.7 Å². The number of hydrogen-bond donors (Lipinski definition) is 2. The fourth-order valence-electron chi connectivity index (χ4n) is 3.34. The van der Waals surface area contributed by atoms with E-state index in [1.807, 2.05) is 0 Å². The Labute approximate surface area is 166 Å². The van der Waals surface area contributed by atoms with Crippen molar-refractivity contribution in [3.63, 3.8) is 0 Å². The lowest BCUT2D eigenvalue weighted by Crippen LogP contribution is -2.43. The summed E-state index contributed by atoms with van der Waals surface area (Å²) >= 11 is 0. The molecular formula is C21H21F2N3O3. The summed E-state index contributed by atoms with van der Waals surface area (Å²) in [6.45, 7) is 1.60. The van der Waals surface area contributed by atoms with Gasteiger partial charge in [-0.2, -0.15) is 0 Å². The number of likely N-dealkylation sites (tertiary alicyclic amines) is 1. The Bertz CT molecular complexity index is 934. The van der Waals surface area contributed by atoms with Crippen LogP contribution < -0.4 is 10.6 Å². The molecule has 3 rings (SSSR count). The maximum atomic E-state index is 14.3. The van der Waals surface area contributed by atoms with Gasteiger partial charge in [-0.3, -0.25) is 14.4 Å². The smallest absolute Gasteiger partial charge is 0.251 e. The van der Waals surface area contributed by atoms with E-state index in [1.54, 1.807) is 30.3 Å². The Morgan fingerprint density at radius 2 is 1.66 bits per heavy atom. The normalized spacial score (nSPS) is 15.0. The minimum atomic E-state index is -0.985. The standard InChI is InChI=1S/C21H21F2N3O3/c1-13(27)24-17-12-18(16(23)11-15(17)22)25-21(29)20(14-7-3-2-4-8-14)26-10-6-5-9-19(26)28/h2-4,7-8,11-12,20H,5-6,9-10H2,1H3,(H,24,27)(H,25,29). The second kappa shape index (κ2) is 8.81. The molecule has 3 amide bonds. The van der Waals surface area contributed by atoms with Crippen LogP contribution >= 0.6 is 0 Å². The Morgan fingerprint density at radius 3 is 2.28 bits per heavy atom. The van der Waals surface area contributed by atoms with E-state index in [9.17, 15) is 23.2 Å². The van der Waals surface area contributed by atoms with Gasteiger partial charge in [-0.25, -0.2) is 8.78 Å². The van der Waals surface area contributed by atoms with Crippen LogP contribution in [0.2, 0.25) is 0 Å². The first-order chi connectivity index (χ1) is 13.9. The molecule has 0 aromatic heterocycles. The molecule has 1 unspecified atom stereocenters. The highest BCUT2D eigenvalue weighted by Crippen LogP contribution is 2.29. The van der Waals surface area contributed by atoms with Gasteiger partial charge in [0.15, 0.2) is 0 Å². The molecule has 1 atom stereocenters. The first-order valence-corrected chi connectivity index (χ1v) is 9.28. The first-order valence-electron chi connectivity index (χ1n) is 9.28. The van der Waals surface area contributed by atoms with Crippen LogP contribution in [0.4, 0.5) is 20.2 Å². The molecule has 2 aromatic rings. The fraction of sp³-hybridized carbons (Fsp3) is 0.286. The monoisotopic (exact) mass is 401 g/mol. The zero-order valence-electron chi connectivity index (χ0n) is 15.9. The van der Waals surface area contributed by atoms with Gasteiger partial charge in [0.1, 0.15) is 17.7 Å². The summed E-state index contributed by atoms with van der Waals surface area (Å²) in [4.78, 5) is 38.2. The van der Waals surface area contributed by atoms with Crippen LogP contribution in [-0.2, 0) is 14.4 Å². The number of nitrogens with zero attached hydrogens (tertiary/aromatic N) is 1. The number of carbonyl (C=O) groups excluding carboxylic acids is 3. The van der Waals surface area contributed by atoms with Gasteiger partial charge < -0.3 is 15.5 Å². The maximum Gasteiger partial charge on any atom is 0.251 e. The Kier molecular flexibility index (Phi) is 6.21.